The van der Waals surface area contributed by atoms with Crippen molar-refractivity contribution in [1.82, 2.24) is 19.9 Å². The number of imidazole rings is 1. The number of anilines is 1. The van der Waals surface area contributed by atoms with Crippen molar-refractivity contribution >= 4 is 33.0 Å². The molecule has 2 fully saturated rings. The van der Waals surface area contributed by atoms with E-state index in [0.29, 0.717) is 35.6 Å². The number of methoxy groups -OCH3 is 1. The Hall–Kier alpha value is -3.00. The van der Waals surface area contributed by atoms with Crippen LogP contribution >= 0.6 is 10.2 Å². The molecule has 5 rings (SSSR count). The third kappa shape index (κ3) is 5.53. The van der Waals surface area contributed by atoms with Crippen LogP contribution in [-0.4, -0.2) is 52.1 Å². The summed E-state index contributed by atoms with van der Waals surface area (Å²) in [4.78, 5) is 24.3. The molecule has 1 aliphatic heterocycles. The molecule has 0 unspecified atom stereocenters. The van der Waals surface area contributed by atoms with Gasteiger partial charge in [-0.2, -0.15) is 0 Å². The third-order valence-electron chi connectivity index (χ3n) is 7.81. The van der Waals surface area contributed by atoms with Gasteiger partial charge in [0.05, 0.1) is 17.9 Å². The van der Waals surface area contributed by atoms with E-state index in [9.17, 15) is 24.2 Å². The molecule has 0 spiro atoms. The van der Waals surface area contributed by atoms with Crippen LogP contribution in [0.1, 0.15) is 72.1 Å². The van der Waals surface area contributed by atoms with E-state index >= 15 is 4.39 Å². The minimum atomic E-state index is -9.93. The molecule has 0 radical (unpaired) electrons. The lowest BCUT2D eigenvalue weighted by Gasteiger charge is -2.40. The highest BCUT2D eigenvalue weighted by molar-refractivity contribution is 8.45. The number of H-pyrrole nitrogens is 1. The van der Waals surface area contributed by atoms with Crippen molar-refractivity contribution < 1.29 is 33.4 Å². The molecule has 2 aliphatic rings. The minimum Gasteiger partial charge on any atom is -0.398 e. The van der Waals surface area contributed by atoms with Gasteiger partial charge in [0.15, 0.2) is 5.65 Å². The van der Waals surface area contributed by atoms with Crippen molar-refractivity contribution in [3.8, 4) is 0 Å². The first-order valence-corrected chi connectivity index (χ1v) is 14.6. The summed E-state index contributed by atoms with van der Waals surface area (Å²) in [5.41, 5.74) is 5.97. The third-order valence-corrected chi connectivity index (χ3v) is 8.95. The number of nitrogens with zero attached hydrogens (tertiary/aromatic N) is 3. The van der Waals surface area contributed by atoms with Crippen LogP contribution in [0.5, 0.6) is 0 Å². The number of nitrogens with one attached hydrogen (secondary N) is 1. The van der Waals surface area contributed by atoms with Crippen LogP contribution < -0.4 is 5.73 Å². The summed E-state index contributed by atoms with van der Waals surface area (Å²) in [5, 5.41) is 0. The van der Waals surface area contributed by atoms with Gasteiger partial charge in [0.1, 0.15) is 22.1 Å². The number of carbonyl (C=O) groups is 1. The van der Waals surface area contributed by atoms with E-state index in [-0.39, 0.29) is 48.7 Å². The van der Waals surface area contributed by atoms with Crippen molar-refractivity contribution in [1.29, 1.82) is 0 Å². The Balaban J connectivity index is 1.32. The van der Waals surface area contributed by atoms with E-state index in [1.165, 1.54) is 4.90 Å². The van der Waals surface area contributed by atoms with Gasteiger partial charge in [-0.3, -0.25) is 4.79 Å². The standard InChI is InChI=1S/C25H29F6N5O2S/c1-38-16-4-2-15(3-5-16)23-34-22-21(19(26)13-33-24(22)35-23)14-8-10-36(11-9-14)25(37)18-7-6-17(12-20(18)32)39(27,28,29,30)31/h6-7,12-16H,2-5,8-11,32H2,1H3,(H,33,34,35). The number of nitrogens with two attached hydrogens (primary N) is 1. The van der Waals surface area contributed by atoms with Gasteiger partial charge in [0.2, 0.25) is 0 Å². The monoisotopic (exact) mass is 577 g/mol. The van der Waals surface area contributed by atoms with E-state index in [1.807, 2.05) is 0 Å². The van der Waals surface area contributed by atoms with E-state index in [0.717, 1.165) is 37.7 Å². The van der Waals surface area contributed by atoms with Gasteiger partial charge in [-0.05, 0) is 62.6 Å². The number of ether oxygens (including phenoxy) is 1. The molecule has 39 heavy (non-hydrogen) atoms. The summed E-state index contributed by atoms with van der Waals surface area (Å²) in [5.74, 6) is -0.486. The Bertz CT molecular complexity index is 1420. The van der Waals surface area contributed by atoms with Crippen molar-refractivity contribution in [3.05, 3.63) is 47.2 Å². The number of pyridine rings is 1. The second-order valence-corrected chi connectivity index (χ2v) is 12.7. The number of carbonyl (C=O) groups excluding carboxylic acids is 1. The maximum absolute atomic E-state index is 15.0. The lowest BCUT2D eigenvalue weighted by molar-refractivity contribution is 0.0652. The molecule has 1 aliphatic carbocycles. The molecular formula is C25H29F6N5O2S. The second-order valence-electron chi connectivity index (χ2n) is 10.3. The molecule has 214 valence electrons. The van der Waals surface area contributed by atoms with Gasteiger partial charge in [-0.15, -0.1) is 0 Å². The molecule has 0 bridgehead atoms. The summed E-state index contributed by atoms with van der Waals surface area (Å²) in [6.45, 7) is 0.349. The van der Waals surface area contributed by atoms with Crippen molar-refractivity contribution in [2.24, 2.45) is 0 Å². The van der Waals surface area contributed by atoms with Crippen molar-refractivity contribution in [3.63, 3.8) is 0 Å². The fourth-order valence-electron chi connectivity index (χ4n) is 5.64. The fraction of sp³-hybridized carbons (Fsp3) is 0.480. The summed E-state index contributed by atoms with van der Waals surface area (Å²) < 4.78 is 86.0. The molecule has 7 nitrogen and oxygen atoms in total. The zero-order valence-electron chi connectivity index (χ0n) is 21.1. The number of piperidine rings is 1. The number of likely N-dealkylation sites (tertiary alicyclic amines) is 1. The molecule has 3 aromatic rings. The number of amides is 1. The number of benzene rings is 1. The van der Waals surface area contributed by atoms with Gasteiger partial charge in [-0.1, -0.05) is 19.4 Å². The van der Waals surface area contributed by atoms with Crippen molar-refractivity contribution in [2.45, 2.75) is 61.4 Å². The molecule has 1 aromatic carbocycles. The molecule has 1 saturated heterocycles. The first-order valence-electron chi connectivity index (χ1n) is 12.6. The zero-order valence-corrected chi connectivity index (χ0v) is 21.9. The lowest BCUT2D eigenvalue weighted by Crippen LogP contribution is -2.38. The Morgan fingerprint density at radius 1 is 1.05 bits per heavy atom. The van der Waals surface area contributed by atoms with Crippen LogP contribution in [0.15, 0.2) is 29.3 Å². The summed E-state index contributed by atoms with van der Waals surface area (Å²) in [7, 11) is -8.23. The smallest absolute Gasteiger partial charge is 0.310 e. The average Bonchev–Trinajstić information content (AvgIpc) is 3.31. The zero-order chi connectivity index (χ0) is 28.2. The Labute approximate surface area is 220 Å². The highest BCUT2D eigenvalue weighted by Crippen LogP contribution is 3.02. The van der Waals surface area contributed by atoms with Crippen LogP contribution in [-0.2, 0) is 4.74 Å². The Kier molecular flexibility index (Phi) is 6.37. The quantitative estimate of drug-likeness (QED) is 0.251. The van der Waals surface area contributed by atoms with Gasteiger partial charge in [0.25, 0.3) is 5.91 Å². The first-order chi connectivity index (χ1) is 18.1. The van der Waals surface area contributed by atoms with E-state index in [4.69, 9.17) is 15.5 Å². The largest absolute Gasteiger partial charge is 0.398 e. The normalized spacial score (nSPS) is 23.0. The summed E-state index contributed by atoms with van der Waals surface area (Å²) in [6.07, 6.45) is 5.72. The maximum Gasteiger partial charge on any atom is 0.310 e. The number of nitrogen functional groups attached to an aromatic ring is 1. The minimum absolute atomic E-state index is 0.0987. The molecule has 14 heteroatoms. The lowest BCUT2D eigenvalue weighted by atomic mass is 9.87. The average molecular weight is 578 g/mol. The molecule has 3 heterocycles. The van der Waals surface area contributed by atoms with Crippen LogP contribution in [0, 0.1) is 5.82 Å². The number of hydrogen-bond acceptors (Lipinski definition) is 5. The molecule has 0 atom stereocenters. The predicted molar refractivity (Wildman–Crippen MR) is 136 cm³/mol. The topological polar surface area (TPSA) is 97.1 Å². The SMILES string of the molecule is COC1CCC(c2nc3c(C4CCN(C(=O)c5ccc(S(F)(F)(F)(F)F)cc5N)CC4)c(F)cnc3[nH]2)CC1. The Morgan fingerprint density at radius 3 is 2.31 bits per heavy atom. The summed E-state index contributed by atoms with van der Waals surface area (Å²) in [6, 6.07) is 0.952. The highest BCUT2D eigenvalue weighted by Gasteiger charge is 2.65. The van der Waals surface area contributed by atoms with Crippen LogP contribution in [0.3, 0.4) is 0 Å². The number of aromatic nitrogens is 3. The second kappa shape index (κ2) is 9.01. The fourth-order valence-corrected chi connectivity index (χ4v) is 6.31. The molecule has 3 N–H and O–H groups in total. The molecular weight excluding hydrogens is 548 g/mol. The number of rotatable bonds is 5. The maximum atomic E-state index is 15.0. The van der Waals surface area contributed by atoms with E-state index in [2.05, 4.69) is 9.97 Å². The van der Waals surface area contributed by atoms with Crippen LogP contribution in [0.4, 0.5) is 29.5 Å². The van der Waals surface area contributed by atoms with Gasteiger partial charge < -0.3 is 20.4 Å². The molecule has 1 saturated carbocycles. The first kappa shape index (κ1) is 27.6. The Morgan fingerprint density at radius 2 is 1.72 bits per heavy atom. The number of fused-ring (bicyclic) bond motifs is 1. The van der Waals surface area contributed by atoms with Gasteiger partial charge >= 0.3 is 10.2 Å². The highest BCUT2D eigenvalue weighted by atomic mass is 32.5. The summed E-state index contributed by atoms with van der Waals surface area (Å²) >= 11 is 0. The van der Waals surface area contributed by atoms with E-state index in [1.54, 1.807) is 7.11 Å². The van der Waals surface area contributed by atoms with Gasteiger partial charge in [-0.25, -0.2) is 14.4 Å². The predicted octanol–water partition coefficient (Wildman–Crippen LogP) is 7.03. The number of aromatic amines is 1. The number of hydrogen-bond donors (Lipinski definition) is 2. The molecule has 1 amide bonds. The number of halogens is 6. The van der Waals surface area contributed by atoms with Crippen LogP contribution in [0.2, 0.25) is 0 Å². The van der Waals surface area contributed by atoms with Gasteiger partial charge in [0, 0.05) is 37.4 Å². The molecule has 2 aromatic heterocycles. The van der Waals surface area contributed by atoms with Crippen LogP contribution in [0.25, 0.3) is 11.2 Å². The van der Waals surface area contributed by atoms with Crippen molar-refractivity contribution in [2.75, 3.05) is 25.9 Å². The van der Waals surface area contributed by atoms with E-state index < -0.39 is 32.5 Å².